The smallest absolute Gasteiger partial charge is 0.387 e. The van der Waals surface area contributed by atoms with Gasteiger partial charge in [-0.25, -0.2) is 4.99 Å². The highest BCUT2D eigenvalue weighted by atomic mass is 19.3. The Hall–Kier alpha value is -2.63. The van der Waals surface area contributed by atoms with Crippen LogP contribution in [-0.2, 0) is 6.54 Å². The molecule has 0 aliphatic heterocycles. The van der Waals surface area contributed by atoms with Gasteiger partial charge < -0.3 is 15.4 Å². The maximum absolute atomic E-state index is 12.5. The topological polar surface area (TPSA) is 45.7 Å². The van der Waals surface area contributed by atoms with E-state index in [0.717, 1.165) is 5.56 Å². The Balaban J connectivity index is 2.09. The Labute approximate surface area is 146 Å². The lowest BCUT2D eigenvalue weighted by atomic mass is 10.1. The van der Waals surface area contributed by atoms with Crippen LogP contribution in [0, 0.1) is 0 Å². The minimum absolute atomic E-state index is 0.0616. The van der Waals surface area contributed by atoms with Crippen molar-refractivity contribution in [1.29, 1.82) is 0 Å². The van der Waals surface area contributed by atoms with Crippen LogP contribution in [-0.4, -0.2) is 19.1 Å². The first-order valence-electron chi connectivity index (χ1n) is 8.22. The second-order valence-electron chi connectivity index (χ2n) is 5.46. The number of benzene rings is 2. The zero-order valence-electron chi connectivity index (χ0n) is 14.4. The van der Waals surface area contributed by atoms with Gasteiger partial charge in [-0.2, -0.15) is 8.78 Å². The second-order valence-corrected chi connectivity index (χ2v) is 5.46. The molecular weight excluding hydrogens is 324 g/mol. The van der Waals surface area contributed by atoms with Gasteiger partial charge >= 0.3 is 6.61 Å². The highest BCUT2D eigenvalue weighted by molar-refractivity contribution is 5.80. The van der Waals surface area contributed by atoms with Gasteiger partial charge in [-0.15, -0.1) is 0 Å². The third-order valence-corrected chi connectivity index (χ3v) is 3.59. The lowest BCUT2D eigenvalue weighted by Gasteiger charge is -2.18. The summed E-state index contributed by atoms with van der Waals surface area (Å²) in [7, 11) is 0. The van der Waals surface area contributed by atoms with Gasteiger partial charge in [0.25, 0.3) is 0 Å². The monoisotopic (exact) mass is 347 g/mol. The van der Waals surface area contributed by atoms with Gasteiger partial charge in [0.2, 0.25) is 0 Å². The molecule has 4 nitrogen and oxygen atoms in total. The van der Waals surface area contributed by atoms with E-state index in [4.69, 9.17) is 0 Å². The first-order valence-corrected chi connectivity index (χ1v) is 8.22. The van der Waals surface area contributed by atoms with E-state index in [1.807, 2.05) is 44.2 Å². The first kappa shape index (κ1) is 18.7. The van der Waals surface area contributed by atoms with Crippen LogP contribution in [0.15, 0.2) is 59.6 Å². The van der Waals surface area contributed by atoms with Crippen LogP contribution in [0.1, 0.15) is 31.0 Å². The number of alkyl halides is 2. The Kier molecular flexibility index (Phi) is 7.19. The molecule has 0 fully saturated rings. The van der Waals surface area contributed by atoms with Gasteiger partial charge in [-0.1, -0.05) is 48.5 Å². The van der Waals surface area contributed by atoms with Gasteiger partial charge in [0, 0.05) is 12.1 Å². The van der Waals surface area contributed by atoms with Crippen LogP contribution in [0.5, 0.6) is 5.75 Å². The van der Waals surface area contributed by atoms with E-state index in [1.165, 1.54) is 6.07 Å². The van der Waals surface area contributed by atoms with Crippen molar-refractivity contribution in [3.05, 3.63) is 65.7 Å². The molecule has 1 unspecified atom stereocenters. The highest BCUT2D eigenvalue weighted by Gasteiger charge is 2.10. The molecule has 0 heterocycles. The van der Waals surface area contributed by atoms with E-state index in [2.05, 4.69) is 20.4 Å². The summed E-state index contributed by atoms with van der Waals surface area (Å²) in [6.07, 6.45) is 0. The molecule has 0 amide bonds. The standard InChI is InChI=1S/C19H23F2N3O/c1-3-22-19(24-14(2)15-9-5-4-6-10-15)23-13-16-11-7-8-12-17(16)25-18(20)21/h4-12,14,18H,3,13H2,1-2H3,(H2,22,23,24). The third kappa shape index (κ3) is 6.06. The summed E-state index contributed by atoms with van der Waals surface area (Å²) in [6, 6.07) is 16.7. The average molecular weight is 347 g/mol. The Morgan fingerprint density at radius 2 is 1.76 bits per heavy atom. The molecule has 0 saturated carbocycles. The number of aliphatic imine (C=N–C) groups is 1. The molecule has 2 rings (SSSR count). The predicted octanol–water partition coefficient (Wildman–Crippen LogP) is 4.10. The molecule has 0 aromatic heterocycles. The number of hydrogen-bond donors (Lipinski definition) is 2. The molecule has 2 aromatic rings. The number of guanidine groups is 1. The van der Waals surface area contributed by atoms with Crippen molar-refractivity contribution in [1.82, 2.24) is 10.6 Å². The minimum Gasteiger partial charge on any atom is -0.434 e. The molecule has 0 bridgehead atoms. The molecule has 6 heteroatoms. The molecule has 0 radical (unpaired) electrons. The largest absolute Gasteiger partial charge is 0.434 e. The zero-order chi connectivity index (χ0) is 18.1. The summed E-state index contributed by atoms with van der Waals surface area (Å²) < 4.78 is 29.5. The zero-order valence-corrected chi connectivity index (χ0v) is 14.4. The normalized spacial score (nSPS) is 12.8. The van der Waals surface area contributed by atoms with Crippen molar-refractivity contribution in [3.63, 3.8) is 0 Å². The van der Waals surface area contributed by atoms with Crippen molar-refractivity contribution in [3.8, 4) is 5.75 Å². The van der Waals surface area contributed by atoms with Crippen molar-refractivity contribution < 1.29 is 13.5 Å². The molecule has 25 heavy (non-hydrogen) atoms. The number of nitrogens with zero attached hydrogens (tertiary/aromatic N) is 1. The average Bonchev–Trinajstić information content (AvgIpc) is 2.61. The van der Waals surface area contributed by atoms with E-state index in [-0.39, 0.29) is 18.3 Å². The molecule has 2 aromatic carbocycles. The second kappa shape index (κ2) is 9.61. The van der Waals surface area contributed by atoms with Gasteiger partial charge in [-0.3, -0.25) is 0 Å². The molecular formula is C19H23F2N3O. The number of nitrogens with one attached hydrogen (secondary N) is 2. The van der Waals surface area contributed by atoms with Gasteiger partial charge in [-0.05, 0) is 25.5 Å². The first-order chi connectivity index (χ1) is 12.1. The van der Waals surface area contributed by atoms with Crippen molar-refractivity contribution >= 4 is 5.96 Å². The van der Waals surface area contributed by atoms with Crippen molar-refractivity contribution in [2.75, 3.05) is 6.54 Å². The summed E-state index contributed by atoms with van der Waals surface area (Å²) in [5.74, 6) is 0.763. The Bertz CT molecular complexity index is 677. The van der Waals surface area contributed by atoms with Gasteiger partial charge in [0.05, 0.1) is 12.6 Å². The lowest BCUT2D eigenvalue weighted by Crippen LogP contribution is -2.38. The molecule has 0 aliphatic carbocycles. The fourth-order valence-electron chi connectivity index (χ4n) is 2.36. The summed E-state index contributed by atoms with van der Waals surface area (Å²) in [6.45, 7) is 2.09. The highest BCUT2D eigenvalue weighted by Crippen LogP contribution is 2.21. The quantitative estimate of drug-likeness (QED) is 0.585. The summed E-state index contributed by atoms with van der Waals surface area (Å²) >= 11 is 0. The van der Waals surface area contributed by atoms with Gasteiger partial charge in [0.15, 0.2) is 5.96 Å². The van der Waals surface area contributed by atoms with Crippen molar-refractivity contribution in [2.45, 2.75) is 33.0 Å². The number of ether oxygens (including phenoxy) is 1. The van der Waals surface area contributed by atoms with Crippen molar-refractivity contribution in [2.24, 2.45) is 4.99 Å². The van der Waals surface area contributed by atoms with E-state index in [9.17, 15) is 8.78 Å². The fourth-order valence-corrected chi connectivity index (χ4v) is 2.36. The number of rotatable bonds is 7. The summed E-state index contributed by atoms with van der Waals surface area (Å²) in [5, 5.41) is 6.48. The molecule has 134 valence electrons. The molecule has 0 spiro atoms. The SMILES string of the molecule is CCNC(=NCc1ccccc1OC(F)F)NC(C)c1ccccc1. The lowest BCUT2D eigenvalue weighted by molar-refractivity contribution is -0.0504. The Morgan fingerprint density at radius 3 is 2.44 bits per heavy atom. The van der Waals surface area contributed by atoms with Crippen LogP contribution < -0.4 is 15.4 Å². The summed E-state index contributed by atoms with van der Waals surface area (Å²) in [4.78, 5) is 4.49. The Morgan fingerprint density at radius 1 is 1.08 bits per heavy atom. The van der Waals surface area contributed by atoms with E-state index >= 15 is 0 Å². The molecule has 2 N–H and O–H groups in total. The number of halogens is 2. The predicted molar refractivity (Wildman–Crippen MR) is 95.9 cm³/mol. The van der Waals surface area contributed by atoms with Crippen LogP contribution >= 0.6 is 0 Å². The maximum atomic E-state index is 12.5. The van der Waals surface area contributed by atoms with Crippen LogP contribution in [0.25, 0.3) is 0 Å². The van der Waals surface area contributed by atoms with Crippen LogP contribution in [0.4, 0.5) is 8.78 Å². The van der Waals surface area contributed by atoms with Crippen LogP contribution in [0.2, 0.25) is 0 Å². The van der Waals surface area contributed by atoms with E-state index < -0.39 is 6.61 Å². The summed E-state index contributed by atoms with van der Waals surface area (Å²) in [5.41, 5.74) is 1.74. The number of para-hydroxylation sites is 1. The third-order valence-electron chi connectivity index (χ3n) is 3.59. The molecule has 0 aliphatic rings. The molecule has 1 atom stereocenters. The molecule has 0 saturated heterocycles. The van der Waals surface area contributed by atoms with Crippen LogP contribution in [0.3, 0.4) is 0 Å². The maximum Gasteiger partial charge on any atom is 0.387 e. The number of hydrogen-bond acceptors (Lipinski definition) is 2. The van der Waals surface area contributed by atoms with E-state index in [1.54, 1.807) is 18.2 Å². The van der Waals surface area contributed by atoms with E-state index in [0.29, 0.717) is 18.1 Å². The minimum atomic E-state index is -2.85. The fraction of sp³-hybridized carbons (Fsp3) is 0.316. The van der Waals surface area contributed by atoms with Gasteiger partial charge in [0.1, 0.15) is 5.75 Å².